The van der Waals surface area contributed by atoms with Gasteiger partial charge in [0.15, 0.2) is 0 Å². The molecule has 1 atom stereocenters. The topological polar surface area (TPSA) is 84.9 Å². The van der Waals surface area contributed by atoms with Crippen molar-refractivity contribution < 1.29 is 19.1 Å². The second kappa shape index (κ2) is 10.7. The number of nitrogens with two attached hydrogens (primary N) is 1. The van der Waals surface area contributed by atoms with E-state index in [1.54, 1.807) is 7.11 Å². The van der Waals surface area contributed by atoms with Gasteiger partial charge in [0.05, 0.1) is 0 Å². The lowest BCUT2D eigenvalue weighted by Crippen LogP contribution is -2.42. The highest BCUT2D eigenvalue weighted by Crippen LogP contribution is 2.28. The Balaban J connectivity index is 4.55. The molecule has 128 valence electrons. The molecule has 0 aromatic carbocycles. The van der Waals surface area contributed by atoms with Crippen LogP contribution in [0.1, 0.15) is 46.0 Å². The minimum Gasteiger partial charge on any atom is -0.398 e. The monoisotopic (exact) mass is 321 g/mol. The highest BCUT2D eigenvalue weighted by atomic mass is 28.4. The Kier molecular flexibility index (Phi) is 10.7. The van der Waals surface area contributed by atoms with Gasteiger partial charge < -0.3 is 24.8 Å². The molecule has 6 heteroatoms. The molecule has 0 aliphatic heterocycles. The van der Waals surface area contributed by atoms with Crippen LogP contribution in [0.4, 0.5) is 0 Å². The summed E-state index contributed by atoms with van der Waals surface area (Å²) in [5, 5.41) is 18.0. The van der Waals surface area contributed by atoms with E-state index in [0.29, 0.717) is 6.54 Å². The predicted molar refractivity (Wildman–Crippen MR) is 88.4 cm³/mol. The predicted octanol–water partition coefficient (Wildman–Crippen LogP) is 2.01. The van der Waals surface area contributed by atoms with E-state index in [9.17, 15) is 0 Å². The van der Waals surface area contributed by atoms with Crippen molar-refractivity contribution >= 4 is 8.56 Å². The second-order valence-electron chi connectivity index (χ2n) is 6.68. The van der Waals surface area contributed by atoms with Gasteiger partial charge >= 0.3 is 8.56 Å². The van der Waals surface area contributed by atoms with Crippen LogP contribution in [-0.4, -0.2) is 51.7 Å². The van der Waals surface area contributed by atoms with E-state index >= 15 is 0 Å². The summed E-state index contributed by atoms with van der Waals surface area (Å²) >= 11 is 0. The number of hydrogen-bond acceptors (Lipinski definition) is 5. The fourth-order valence-corrected chi connectivity index (χ4v) is 4.62. The lowest BCUT2D eigenvalue weighted by atomic mass is 9.91. The highest BCUT2D eigenvalue weighted by molar-refractivity contribution is 6.66. The zero-order chi connectivity index (χ0) is 16.4. The maximum atomic E-state index is 9.00. The Morgan fingerprint density at radius 2 is 1.67 bits per heavy atom. The largest absolute Gasteiger partial charge is 0.398 e. The van der Waals surface area contributed by atoms with E-state index in [1.807, 2.05) is 0 Å². The van der Waals surface area contributed by atoms with Gasteiger partial charge in [-0.2, -0.15) is 0 Å². The first-order chi connectivity index (χ1) is 9.82. The average molecular weight is 322 g/mol. The molecule has 5 nitrogen and oxygen atoms in total. The molecule has 0 aliphatic carbocycles. The van der Waals surface area contributed by atoms with Crippen molar-refractivity contribution in [2.75, 3.05) is 26.9 Å². The zero-order valence-electron chi connectivity index (χ0n) is 14.2. The van der Waals surface area contributed by atoms with E-state index in [0.717, 1.165) is 38.1 Å². The summed E-state index contributed by atoms with van der Waals surface area (Å²) in [6.45, 7) is 7.40. The van der Waals surface area contributed by atoms with Gasteiger partial charge in [-0.1, -0.05) is 13.8 Å². The Bertz CT molecular complexity index is 258. The molecule has 0 spiro atoms. The molecule has 0 aliphatic rings. The standard InChI is InChI=1S/C15H35NO4Si/c1-15(2,13-16)9-12-21(4,19-3)20-14(7-5-10-17)8-6-11-18/h14,17-18H,5-13,16H2,1-4H3. The fourth-order valence-electron chi connectivity index (χ4n) is 2.13. The molecule has 0 amide bonds. The van der Waals surface area contributed by atoms with E-state index < -0.39 is 8.56 Å². The minimum atomic E-state index is -2.23. The molecule has 0 heterocycles. The van der Waals surface area contributed by atoms with Crippen LogP contribution >= 0.6 is 0 Å². The quantitative estimate of drug-likeness (QED) is 0.452. The van der Waals surface area contributed by atoms with Crippen LogP contribution in [0.2, 0.25) is 12.6 Å². The van der Waals surface area contributed by atoms with Crippen molar-refractivity contribution in [2.45, 2.75) is 64.6 Å². The summed E-state index contributed by atoms with van der Waals surface area (Å²) in [4.78, 5) is 0. The Hall–Kier alpha value is 0.0169. The fraction of sp³-hybridized carbons (Fsp3) is 1.00. The first kappa shape index (κ1) is 21.0. The number of aliphatic hydroxyl groups is 2. The molecule has 0 fully saturated rings. The average Bonchev–Trinajstić information content (AvgIpc) is 2.48. The smallest absolute Gasteiger partial charge is 0.334 e. The molecule has 1 unspecified atom stereocenters. The van der Waals surface area contributed by atoms with Gasteiger partial charge in [-0.3, -0.25) is 0 Å². The Morgan fingerprint density at radius 1 is 1.14 bits per heavy atom. The van der Waals surface area contributed by atoms with Crippen molar-refractivity contribution in [3.8, 4) is 0 Å². The van der Waals surface area contributed by atoms with Gasteiger partial charge in [-0.05, 0) is 56.7 Å². The third kappa shape index (κ3) is 9.60. The third-order valence-electron chi connectivity index (χ3n) is 4.02. The first-order valence-electron chi connectivity index (χ1n) is 7.97. The highest BCUT2D eigenvalue weighted by Gasteiger charge is 2.35. The van der Waals surface area contributed by atoms with Crippen LogP contribution < -0.4 is 5.73 Å². The number of aliphatic hydroxyl groups excluding tert-OH is 2. The van der Waals surface area contributed by atoms with Gasteiger partial charge in [0.2, 0.25) is 0 Å². The van der Waals surface area contributed by atoms with Crippen LogP contribution in [0, 0.1) is 5.41 Å². The second-order valence-corrected chi connectivity index (χ2v) is 10.1. The molecule has 0 aromatic rings. The molecule has 4 N–H and O–H groups in total. The summed E-state index contributed by atoms with van der Waals surface area (Å²) in [6, 6.07) is 0.905. The van der Waals surface area contributed by atoms with Crippen LogP contribution in [0.5, 0.6) is 0 Å². The normalized spacial score (nSPS) is 15.4. The molecule has 0 radical (unpaired) electrons. The summed E-state index contributed by atoms with van der Waals surface area (Å²) < 4.78 is 12.0. The van der Waals surface area contributed by atoms with Crippen molar-refractivity contribution in [3.63, 3.8) is 0 Å². The van der Waals surface area contributed by atoms with Crippen molar-refractivity contribution in [2.24, 2.45) is 11.1 Å². The molecular weight excluding hydrogens is 286 g/mol. The van der Waals surface area contributed by atoms with Crippen molar-refractivity contribution in [1.82, 2.24) is 0 Å². The molecule has 0 bridgehead atoms. The summed E-state index contributed by atoms with van der Waals surface area (Å²) in [5.74, 6) is 0. The van der Waals surface area contributed by atoms with Crippen molar-refractivity contribution in [3.05, 3.63) is 0 Å². The SMILES string of the molecule is CO[Si](C)(CCC(C)(C)CN)OC(CCCO)CCCO. The number of hydrogen-bond donors (Lipinski definition) is 3. The van der Waals surface area contributed by atoms with Crippen LogP contribution in [0.25, 0.3) is 0 Å². The molecule has 21 heavy (non-hydrogen) atoms. The Labute approximate surface area is 131 Å². The van der Waals surface area contributed by atoms with E-state index in [1.165, 1.54) is 0 Å². The zero-order valence-corrected chi connectivity index (χ0v) is 15.2. The lowest BCUT2D eigenvalue weighted by molar-refractivity contribution is 0.101. The minimum absolute atomic E-state index is 0.0573. The van der Waals surface area contributed by atoms with Crippen molar-refractivity contribution in [1.29, 1.82) is 0 Å². The maximum absolute atomic E-state index is 9.00. The van der Waals surface area contributed by atoms with Crippen LogP contribution in [-0.2, 0) is 8.85 Å². The molecule has 0 rings (SSSR count). The third-order valence-corrected chi connectivity index (χ3v) is 6.88. The summed E-state index contributed by atoms with van der Waals surface area (Å²) in [7, 11) is -0.512. The Morgan fingerprint density at radius 3 is 2.05 bits per heavy atom. The van der Waals surface area contributed by atoms with Crippen LogP contribution in [0.15, 0.2) is 0 Å². The van der Waals surface area contributed by atoms with E-state index in [4.69, 9.17) is 24.8 Å². The lowest BCUT2D eigenvalue weighted by Gasteiger charge is -2.33. The molecular formula is C15H35NO4Si. The molecule has 0 saturated carbocycles. The molecule has 0 aromatic heterocycles. The molecule has 0 saturated heterocycles. The van der Waals surface area contributed by atoms with E-state index in [2.05, 4.69) is 20.4 Å². The van der Waals surface area contributed by atoms with Crippen LogP contribution in [0.3, 0.4) is 0 Å². The maximum Gasteiger partial charge on any atom is 0.334 e. The van der Waals surface area contributed by atoms with Gasteiger partial charge in [0.25, 0.3) is 0 Å². The van der Waals surface area contributed by atoms with E-state index in [-0.39, 0.29) is 24.7 Å². The van der Waals surface area contributed by atoms with Gasteiger partial charge in [0, 0.05) is 26.4 Å². The summed E-state index contributed by atoms with van der Waals surface area (Å²) in [6.07, 6.45) is 4.09. The first-order valence-corrected chi connectivity index (χ1v) is 10.5. The number of rotatable bonds is 13. The van der Waals surface area contributed by atoms with Gasteiger partial charge in [-0.25, -0.2) is 0 Å². The van der Waals surface area contributed by atoms with Gasteiger partial charge in [0.1, 0.15) is 0 Å². The summed E-state index contributed by atoms with van der Waals surface area (Å²) in [5.41, 5.74) is 5.89. The van der Waals surface area contributed by atoms with Gasteiger partial charge in [-0.15, -0.1) is 0 Å².